The van der Waals surface area contributed by atoms with Crippen molar-refractivity contribution >= 4 is 0 Å². The molecule has 0 aromatic carbocycles. The molecule has 2 atom stereocenters. The Hall–Kier alpha value is -0.290. The summed E-state index contributed by atoms with van der Waals surface area (Å²) in [7, 11) is 0. The SMILES string of the molecule is CCCN1CC(CC2CC2)CC(NCC(F)(F)F)C1. The number of alkyl halides is 3. The topological polar surface area (TPSA) is 15.3 Å². The number of nitrogens with one attached hydrogen (secondary N) is 1. The Morgan fingerprint density at radius 2 is 1.89 bits per heavy atom. The Labute approximate surface area is 113 Å². The monoisotopic (exact) mass is 278 g/mol. The van der Waals surface area contributed by atoms with Gasteiger partial charge in [-0.2, -0.15) is 13.2 Å². The second-order valence-corrected chi connectivity index (χ2v) is 6.23. The number of hydrogen-bond acceptors (Lipinski definition) is 2. The Balaban J connectivity index is 1.82. The highest BCUT2D eigenvalue weighted by Gasteiger charge is 2.34. The van der Waals surface area contributed by atoms with Crippen LogP contribution in [0, 0.1) is 11.8 Å². The molecule has 2 fully saturated rings. The minimum atomic E-state index is -4.10. The first-order valence-corrected chi connectivity index (χ1v) is 7.48. The molecule has 2 aliphatic rings. The van der Waals surface area contributed by atoms with Crippen molar-refractivity contribution in [1.82, 2.24) is 10.2 Å². The average molecular weight is 278 g/mol. The van der Waals surface area contributed by atoms with Crippen LogP contribution in [0.5, 0.6) is 0 Å². The van der Waals surface area contributed by atoms with Gasteiger partial charge in [-0.1, -0.05) is 19.8 Å². The first-order valence-electron chi connectivity index (χ1n) is 7.48. The van der Waals surface area contributed by atoms with Crippen LogP contribution in [0.25, 0.3) is 0 Å². The molecule has 0 amide bonds. The highest BCUT2D eigenvalue weighted by Crippen LogP contribution is 2.37. The van der Waals surface area contributed by atoms with Gasteiger partial charge < -0.3 is 10.2 Å². The number of halogens is 3. The van der Waals surface area contributed by atoms with Crippen LogP contribution in [-0.2, 0) is 0 Å². The Kier molecular flexibility index (Phi) is 5.12. The van der Waals surface area contributed by atoms with Crippen molar-refractivity contribution in [2.75, 3.05) is 26.2 Å². The molecule has 1 saturated heterocycles. The van der Waals surface area contributed by atoms with Gasteiger partial charge in [-0.05, 0) is 37.6 Å². The lowest BCUT2D eigenvalue weighted by Gasteiger charge is -2.38. The smallest absolute Gasteiger partial charge is 0.305 e. The molecule has 19 heavy (non-hydrogen) atoms. The molecule has 2 unspecified atom stereocenters. The molecule has 0 aromatic heterocycles. The van der Waals surface area contributed by atoms with Crippen LogP contribution in [0.4, 0.5) is 13.2 Å². The fourth-order valence-corrected chi connectivity index (χ4v) is 3.21. The molecular weight excluding hydrogens is 253 g/mol. The molecular formula is C14H25F3N2. The normalized spacial score (nSPS) is 29.7. The van der Waals surface area contributed by atoms with Crippen molar-refractivity contribution in [3.8, 4) is 0 Å². The molecule has 1 N–H and O–H groups in total. The van der Waals surface area contributed by atoms with Gasteiger partial charge in [0.15, 0.2) is 0 Å². The fourth-order valence-electron chi connectivity index (χ4n) is 3.21. The van der Waals surface area contributed by atoms with E-state index in [-0.39, 0.29) is 6.04 Å². The fraction of sp³-hybridized carbons (Fsp3) is 1.00. The maximum Gasteiger partial charge on any atom is 0.401 e. The van der Waals surface area contributed by atoms with E-state index in [0.29, 0.717) is 5.92 Å². The van der Waals surface area contributed by atoms with Gasteiger partial charge in [-0.15, -0.1) is 0 Å². The van der Waals surface area contributed by atoms with Gasteiger partial charge in [0.05, 0.1) is 6.54 Å². The molecule has 1 heterocycles. The maximum atomic E-state index is 12.3. The lowest BCUT2D eigenvalue weighted by atomic mass is 9.89. The van der Waals surface area contributed by atoms with Gasteiger partial charge in [-0.25, -0.2) is 0 Å². The van der Waals surface area contributed by atoms with E-state index in [0.717, 1.165) is 38.4 Å². The summed E-state index contributed by atoms with van der Waals surface area (Å²) >= 11 is 0. The van der Waals surface area contributed by atoms with Crippen LogP contribution in [-0.4, -0.2) is 43.3 Å². The standard InChI is InChI=1S/C14H25F3N2/c1-2-5-19-8-12(6-11-3-4-11)7-13(9-19)18-10-14(15,16)17/h11-13,18H,2-10H2,1H3. The third kappa shape index (κ3) is 5.69. The van der Waals surface area contributed by atoms with Crippen LogP contribution >= 0.6 is 0 Å². The molecule has 1 saturated carbocycles. The van der Waals surface area contributed by atoms with Crippen LogP contribution in [0.15, 0.2) is 0 Å². The van der Waals surface area contributed by atoms with E-state index in [2.05, 4.69) is 17.1 Å². The van der Waals surface area contributed by atoms with Crippen LogP contribution < -0.4 is 5.32 Å². The minimum Gasteiger partial charge on any atom is -0.305 e. The molecule has 2 nitrogen and oxygen atoms in total. The zero-order valence-electron chi connectivity index (χ0n) is 11.7. The van der Waals surface area contributed by atoms with Crippen molar-refractivity contribution in [1.29, 1.82) is 0 Å². The lowest BCUT2D eigenvalue weighted by Crippen LogP contribution is -2.51. The van der Waals surface area contributed by atoms with Crippen LogP contribution in [0.3, 0.4) is 0 Å². The molecule has 5 heteroatoms. The minimum absolute atomic E-state index is 0.00525. The Morgan fingerprint density at radius 1 is 1.16 bits per heavy atom. The summed E-state index contributed by atoms with van der Waals surface area (Å²) in [6.07, 6.45) is 1.74. The van der Waals surface area contributed by atoms with Crippen LogP contribution in [0.1, 0.15) is 39.0 Å². The summed E-state index contributed by atoms with van der Waals surface area (Å²) in [4.78, 5) is 2.34. The van der Waals surface area contributed by atoms with Crippen molar-refractivity contribution in [2.45, 2.75) is 51.2 Å². The van der Waals surface area contributed by atoms with Gasteiger partial charge in [0.1, 0.15) is 0 Å². The molecule has 2 rings (SSSR count). The molecule has 1 aliphatic carbocycles. The van der Waals surface area contributed by atoms with Crippen molar-refractivity contribution in [3.05, 3.63) is 0 Å². The number of nitrogens with zero attached hydrogens (tertiary/aromatic N) is 1. The number of piperidine rings is 1. The van der Waals surface area contributed by atoms with Crippen molar-refractivity contribution in [2.24, 2.45) is 11.8 Å². The zero-order chi connectivity index (χ0) is 13.9. The Bertz CT molecular complexity index is 276. The predicted molar refractivity (Wildman–Crippen MR) is 70.0 cm³/mol. The molecule has 0 radical (unpaired) electrons. The van der Waals surface area contributed by atoms with E-state index >= 15 is 0 Å². The summed E-state index contributed by atoms with van der Waals surface area (Å²) in [6.45, 7) is 4.13. The number of hydrogen-bond donors (Lipinski definition) is 1. The van der Waals surface area contributed by atoms with E-state index in [4.69, 9.17) is 0 Å². The summed E-state index contributed by atoms with van der Waals surface area (Å²) in [5, 5.41) is 2.71. The highest BCUT2D eigenvalue weighted by molar-refractivity contribution is 4.87. The summed E-state index contributed by atoms with van der Waals surface area (Å²) < 4.78 is 36.9. The summed E-state index contributed by atoms with van der Waals surface area (Å²) in [6, 6.07) is 0.00525. The highest BCUT2D eigenvalue weighted by atomic mass is 19.4. The van der Waals surface area contributed by atoms with Gasteiger partial charge in [0.25, 0.3) is 0 Å². The molecule has 0 bridgehead atoms. The first-order chi connectivity index (χ1) is 8.96. The van der Waals surface area contributed by atoms with E-state index < -0.39 is 12.7 Å². The second kappa shape index (κ2) is 6.44. The predicted octanol–water partition coefficient (Wildman–Crippen LogP) is 3.04. The largest absolute Gasteiger partial charge is 0.401 e. The first kappa shape index (κ1) is 15.1. The van der Waals surface area contributed by atoms with Gasteiger partial charge in [0.2, 0.25) is 0 Å². The van der Waals surface area contributed by atoms with E-state index in [1.807, 2.05) is 0 Å². The average Bonchev–Trinajstić information content (AvgIpc) is 3.10. The van der Waals surface area contributed by atoms with Crippen LogP contribution in [0.2, 0.25) is 0 Å². The van der Waals surface area contributed by atoms with E-state index in [1.54, 1.807) is 0 Å². The quantitative estimate of drug-likeness (QED) is 0.803. The number of likely N-dealkylation sites (tertiary alicyclic amines) is 1. The molecule has 0 spiro atoms. The summed E-state index contributed by atoms with van der Waals surface area (Å²) in [5.74, 6) is 1.44. The van der Waals surface area contributed by atoms with Crippen molar-refractivity contribution in [3.63, 3.8) is 0 Å². The Morgan fingerprint density at radius 3 is 2.47 bits per heavy atom. The van der Waals surface area contributed by atoms with Gasteiger partial charge in [-0.3, -0.25) is 0 Å². The maximum absolute atomic E-state index is 12.3. The van der Waals surface area contributed by atoms with Gasteiger partial charge >= 0.3 is 6.18 Å². The third-order valence-electron chi connectivity index (χ3n) is 4.11. The van der Waals surface area contributed by atoms with Gasteiger partial charge in [0, 0.05) is 19.1 Å². The molecule has 112 valence electrons. The second-order valence-electron chi connectivity index (χ2n) is 6.23. The molecule has 0 aromatic rings. The van der Waals surface area contributed by atoms with E-state index in [1.165, 1.54) is 19.3 Å². The molecule has 1 aliphatic heterocycles. The van der Waals surface area contributed by atoms with Crippen molar-refractivity contribution < 1.29 is 13.2 Å². The number of rotatable bonds is 6. The third-order valence-corrected chi connectivity index (χ3v) is 4.11. The van der Waals surface area contributed by atoms with E-state index in [9.17, 15) is 13.2 Å². The zero-order valence-corrected chi connectivity index (χ0v) is 11.7. The lowest BCUT2D eigenvalue weighted by molar-refractivity contribution is -0.127. The summed E-state index contributed by atoms with van der Waals surface area (Å²) in [5.41, 5.74) is 0.